The van der Waals surface area contributed by atoms with Gasteiger partial charge < -0.3 is 9.88 Å². The van der Waals surface area contributed by atoms with E-state index in [1.165, 1.54) is 6.33 Å². The van der Waals surface area contributed by atoms with Crippen molar-refractivity contribution in [1.29, 1.82) is 10.5 Å². The van der Waals surface area contributed by atoms with Gasteiger partial charge in [-0.25, -0.2) is 15.0 Å². The molecule has 0 spiro atoms. The van der Waals surface area contributed by atoms with E-state index in [2.05, 4.69) is 53.9 Å². The Labute approximate surface area is 203 Å². The average molecular weight is 462 g/mol. The lowest BCUT2D eigenvalue weighted by Gasteiger charge is -2.23. The fourth-order valence-corrected chi connectivity index (χ4v) is 4.70. The van der Waals surface area contributed by atoms with E-state index in [9.17, 15) is 10.5 Å². The maximum atomic E-state index is 9.81. The van der Waals surface area contributed by atoms with Crippen LogP contribution in [0.4, 0.5) is 5.82 Å². The monoisotopic (exact) mass is 461 g/mol. The van der Waals surface area contributed by atoms with Crippen LogP contribution in [0.5, 0.6) is 0 Å². The number of hydrogen-bond acceptors (Lipinski definition) is 7. The van der Waals surface area contributed by atoms with Crippen molar-refractivity contribution in [2.24, 2.45) is 5.92 Å². The fraction of sp³-hybridized carbons (Fsp3) is 0.308. The molecule has 1 N–H and O–H groups in total. The molecule has 9 heteroatoms. The molecule has 172 valence electrons. The highest BCUT2D eigenvalue weighted by Gasteiger charge is 2.33. The zero-order valence-electron chi connectivity index (χ0n) is 19.3. The highest BCUT2D eigenvalue weighted by atomic mass is 15.3. The molecule has 2 unspecified atom stereocenters. The Morgan fingerprint density at radius 1 is 1.23 bits per heavy atom. The predicted octanol–water partition coefficient (Wildman–Crippen LogP) is 3.83. The van der Waals surface area contributed by atoms with Gasteiger partial charge in [0.25, 0.3) is 0 Å². The molecule has 1 fully saturated rings. The summed E-state index contributed by atoms with van der Waals surface area (Å²) in [7, 11) is 0. The van der Waals surface area contributed by atoms with Gasteiger partial charge in [0, 0.05) is 60.5 Å². The van der Waals surface area contributed by atoms with Gasteiger partial charge in [-0.05, 0) is 18.6 Å². The van der Waals surface area contributed by atoms with Gasteiger partial charge >= 0.3 is 0 Å². The molecule has 9 nitrogen and oxygen atoms in total. The molecule has 4 aromatic heterocycles. The maximum absolute atomic E-state index is 9.81. The van der Waals surface area contributed by atoms with Gasteiger partial charge in [0.2, 0.25) is 0 Å². The smallest absolute Gasteiger partial charge is 0.147 e. The van der Waals surface area contributed by atoms with Crippen molar-refractivity contribution in [2.75, 3.05) is 18.0 Å². The Kier molecular flexibility index (Phi) is 6.11. The molecule has 1 saturated heterocycles. The summed E-state index contributed by atoms with van der Waals surface area (Å²) >= 11 is 0. The first-order valence-electron chi connectivity index (χ1n) is 11.6. The second-order valence-corrected chi connectivity index (χ2v) is 8.42. The summed E-state index contributed by atoms with van der Waals surface area (Å²) in [5.41, 5.74) is 3.67. The maximum Gasteiger partial charge on any atom is 0.147 e. The summed E-state index contributed by atoms with van der Waals surface area (Å²) in [5.74, 6) is 6.96. The van der Waals surface area contributed by atoms with E-state index in [1.807, 2.05) is 30.1 Å². The lowest BCUT2D eigenvalue weighted by molar-refractivity contribution is 0.332. The van der Waals surface area contributed by atoms with Crippen LogP contribution >= 0.6 is 0 Å². The summed E-state index contributed by atoms with van der Waals surface area (Å²) < 4.78 is 1.88. The Hall–Kier alpha value is -4.68. The molecule has 0 aromatic carbocycles. The van der Waals surface area contributed by atoms with Gasteiger partial charge in [0.1, 0.15) is 29.4 Å². The fourth-order valence-electron chi connectivity index (χ4n) is 4.70. The Bertz CT molecular complexity index is 1510. The van der Waals surface area contributed by atoms with Crippen molar-refractivity contribution >= 4 is 16.9 Å². The van der Waals surface area contributed by atoms with E-state index in [0.717, 1.165) is 41.7 Å². The topological polar surface area (TPSA) is 123 Å². The van der Waals surface area contributed by atoms with E-state index in [4.69, 9.17) is 0 Å². The molecule has 35 heavy (non-hydrogen) atoms. The van der Waals surface area contributed by atoms with Crippen molar-refractivity contribution in [1.82, 2.24) is 29.7 Å². The quantitative estimate of drug-likeness (QED) is 0.448. The number of nitrogens with zero attached hydrogens (tertiary/aromatic N) is 8. The van der Waals surface area contributed by atoms with Crippen molar-refractivity contribution in [3.63, 3.8) is 0 Å². The normalized spacial score (nSPS) is 15.9. The largest absolute Gasteiger partial charge is 0.355 e. The van der Waals surface area contributed by atoms with Crippen LogP contribution in [-0.4, -0.2) is 42.8 Å². The number of nitriles is 2. The minimum atomic E-state index is -0.101. The van der Waals surface area contributed by atoms with Crippen LogP contribution in [0.3, 0.4) is 0 Å². The first-order chi connectivity index (χ1) is 17.2. The zero-order valence-corrected chi connectivity index (χ0v) is 19.3. The second-order valence-electron chi connectivity index (χ2n) is 8.42. The lowest BCUT2D eigenvalue weighted by atomic mass is 9.96. The summed E-state index contributed by atoms with van der Waals surface area (Å²) in [6.07, 6.45) is 10.8. The van der Waals surface area contributed by atoms with Crippen molar-refractivity contribution in [2.45, 2.75) is 32.2 Å². The third-order valence-corrected chi connectivity index (χ3v) is 6.38. The van der Waals surface area contributed by atoms with E-state index in [1.54, 1.807) is 18.5 Å². The second kappa shape index (κ2) is 9.67. The van der Waals surface area contributed by atoms with Crippen molar-refractivity contribution in [3.8, 4) is 35.2 Å². The van der Waals surface area contributed by atoms with Gasteiger partial charge in [-0.2, -0.15) is 15.6 Å². The van der Waals surface area contributed by atoms with Crippen LogP contribution in [0.15, 0.2) is 43.2 Å². The Morgan fingerprint density at radius 3 is 2.97 bits per heavy atom. The van der Waals surface area contributed by atoms with Crippen molar-refractivity contribution < 1.29 is 0 Å². The van der Waals surface area contributed by atoms with Gasteiger partial charge in [0.15, 0.2) is 0 Å². The Balaban J connectivity index is 1.41. The number of fused-ring (bicyclic) bond motifs is 1. The van der Waals surface area contributed by atoms with E-state index < -0.39 is 0 Å². The number of aromatic nitrogens is 6. The number of nitrogens with one attached hydrogen (secondary N) is 1. The highest BCUT2D eigenvalue weighted by Crippen LogP contribution is 2.35. The molecular weight excluding hydrogens is 438 g/mol. The Morgan fingerprint density at radius 2 is 2.14 bits per heavy atom. The van der Waals surface area contributed by atoms with E-state index in [0.29, 0.717) is 29.9 Å². The van der Waals surface area contributed by atoms with Crippen LogP contribution in [0.1, 0.15) is 43.4 Å². The molecule has 1 aliphatic rings. The van der Waals surface area contributed by atoms with Crippen molar-refractivity contribution in [3.05, 3.63) is 54.4 Å². The van der Waals surface area contributed by atoms with Gasteiger partial charge in [-0.3, -0.25) is 4.68 Å². The molecule has 5 rings (SSSR count). The third kappa shape index (κ3) is 4.18. The number of anilines is 1. The molecule has 4 aromatic rings. The van der Waals surface area contributed by atoms with Gasteiger partial charge in [-0.15, -0.1) is 0 Å². The van der Waals surface area contributed by atoms with Crippen LogP contribution in [0.2, 0.25) is 0 Å². The highest BCUT2D eigenvalue weighted by molar-refractivity contribution is 5.89. The van der Waals surface area contributed by atoms with Crippen LogP contribution in [0, 0.1) is 40.4 Å². The molecular formula is C26H23N9. The first-order valence-corrected chi connectivity index (χ1v) is 11.6. The van der Waals surface area contributed by atoms with E-state index >= 15 is 0 Å². The molecule has 0 radical (unpaired) electrons. The molecule has 2 atom stereocenters. The van der Waals surface area contributed by atoms with Crippen LogP contribution in [0.25, 0.3) is 22.3 Å². The predicted molar refractivity (Wildman–Crippen MR) is 131 cm³/mol. The zero-order chi connectivity index (χ0) is 24.2. The van der Waals surface area contributed by atoms with E-state index in [-0.39, 0.29) is 12.0 Å². The van der Waals surface area contributed by atoms with Gasteiger partial charge in [-0.1, -0.05) is 18.8 Å². The minimum absolute atomic E-state index is 0.101. The number of rotatable bonds is 5. The molecule has 0 saturated carbocycles. The number of pyridine rings is 1. The summed E-state index contributed by atoms with van der Waals surface area (Å²) in [4.78, 5) is 18.5. The molecule has 0 amide bonds. The summed E-state index contributed by atoms with van der Waals surface area (Å²) in [6.45, 7) is 3.42. The summed E-state index contributed by atoms with van der Waals surface area (Å²) in [5, 5.41) is 24.9. The third-order valence-electron chi connectivity index (χ3n) is 6.38. The first kappa shape index (κ1) is 22.1. The molecule has 1 aliphatic heterocycles. The van der Waals surface area contributed by atoms with Crippen LogP contribution < -0.4 is 4.90 Å². The number of H-pyrrole nitrogens is 1. The molecule has 0 aliphatic carbocycles. The van der Waals surface area contributed by atoms with Gasteiger partial charge in [0.05, 0.1) is 30.4 Å². The number of aromatic amines is 1. The van der Waals surface area contributed by atoms with Crippen LogP contribution in [-0.2, 0) is 0 Å². The number of hydrogen-bond donors (Lipinski definition) is 1. The average Bonchev–Trinajstić information content (AvgIpc) is 3.66. The standard InChI is InChI=1S/C26H23N9/c1-2-3-4-18-6-10-30-26(22(18)13-28)34-12-8-19(15-34)23(5-9-27)35-16-20(14-33-35)24-21-7-11-29-25(21)32-17-31-24/h6-7,10-11,14,16-17,19,23H,2,5,8,12,15H2,1H3,(H,29,31,32). The molecule has 5 heterocycles. The SMILES string of the molecule is CCC#Cc1ccnc(N2CCC(C(CC#N)n3cc(-c4ncnc5[nH]ccc45)cn3)C2)c1C#N. The minimum Gasteiger partial charge on any atom is -0.355 e. The lowest BCUT2D eigenvalue weighted by Crippen LogP contribution is -2.26. The summed E-state index contributed by atoms with van der Waals surface area (Å²) in [6, 6.07) is 8.26. The molecule has 0 bridgehead atoms.